The topological polar surface area (TPSA) is 99.2 Å². The summed E-state index contributed by atoms with van der Waals surface area (Å²) in [7, 11) is 0. The van der Waals surface area contributed by atoms with E-state index in [1.54, 1.807) is 0 Å². The van der Waals surface area contributed by atoms with E-state index in [9.17, 15) is 14.9 Å². The molecule has 28 heavy (non-hydrogen) atoms. The van der Waals surface area contributed by atoms with Crippen molar-refractivity contribution in [1.29, 1.82) is 5.26 Å². The van der Waals surface area contributed by atoms with Gasteiger partial charge in [0.05, 0.1) is 6.07 Å². The van der Waals surface area contributed by atoms with Gasteiger partial charge in [0.2, 0.25) is 11.8 Å². The molecule has 1 saturated heterocycles. The van der Waals surface area contributed by atoms with E-state index in [0.29, 0.717) is 31.2 Å². The number of nitriles is 1. The molecule has 6 heteroatoms. The molecular weight excluding hydrogens is 352 g/mol. The maximum absolute atomic E-state index is 12.5. The summed E-state index contributed by atoms with van der Waals surface area (Å²) in [5.41, 5.74) is 4.79. The number of carbonyl (C=O) groups is 2. The van der Waals surface area contributed by atoms with E-state index in [-0.39, 0.29) is 17.7 Å². The van der Waals surface area contributed by atoms with Crippen molar-refractivity contribution in [3.05, 3.63) is 0 Å². The molecule has 0 bridgehead atoms. The third kappa shape index (κ3) is 5.47. The van der Waals surface area contributed by atoms with Gasteiger partial charge in [0.15, 0.2) is 0 Å². The first kappa shape index (κ1) is 21.1. The summed E-state index contributed by atoms with van der Waals surface area (Å²) in [5, 5.41) is 12.8. The number of hydrogen-bond acceptors (Lipinski definition) is 4. The lowest BCUT2D eigenvalue weighted by atomic mass is 9.82. The predicted molar refractivity (Wildman–Crippen MR) is 108 cm³/mol. The molecule has 2 aliphatic carbocycles. The summed E-state index contributed by atoms with van der Waals surface area (Å²) in [5.74, 6) is 0.523. The van der Waals surface area contributed by atoms with Crippen LogP contribution in [0.4, 0.5) is 0 Å². The van der Waals surface area contributed by atoms with Crippen LogP contribution in [-0.2, 0) is 9.59 Å². The molecule has 2 unspecified atom stereocenters. The van der Waals surface area contributed by atoms with E-state index in [1.165, 1.54) is 32.1 Å². The molecule has 6 nitrogen and oxygen atoms in total. The van der Waals surface area contributed by atoms with E-state index in [0.717, 1.165) is 45.2 Å². The zero-order valence-corrected chi connectivity index (χ0v) is 17.1. The molecule has 156 valence electrons. The second-order valence-electron chi connectivity index (χ2n) is 9.24. The lowest BCUT2D eigenvalue weighted by Crippen LogP contribution is -2.56. The van der Waals surface area contributed by atoms with Crippen LogP contribution < -0.4 is 11.1 Å². The van der Waals surface area contributed by atoms with Gasteiger partial charge < -0.3 is 16.0 Å². The number of amides is 2. The van der Waals surface area contributed by atoms with Crippen molar-refractivity contribution in [2.75, 3.05) is 13.1 Å². The maximum atomic E-state index is 12.5. The molecule has 0 aromatic heterocycles. The molecule has 0 radical (unpaired) electrons. The van der Waals surface area contributed by atoms with Crippen LogP contribution in [0.3, 0.4) is 0 Å². The highest BCUT2D eigenvalue weighted by molar-refractivity contribution is 5.77. The molecule has 3 aliphatic rings. The average molecular weight is 389 g/mol. The van der Waals surface area contributed by atoms with Gasteiger partial charge in [0, 0.05) is 31.5 Å². The first-order chi connectivity index (χ1) is 13.5. The standard InChI is InChI=1S/C22H36N4O2/c23-16-22(25-20(27)10-9-17-5-2-1-3-6-17)11-13-26(14-12-22)19-8-4-7-18(15-19)21(24)28/h17-19H,1-15H2,(H2,24,28)(H,25,27). The van der Waals surface area contributed by atoms with Gasteiger partial charge in [-0.05, 0) is 44.4 Å². The average Bonchev–Trinajstić information content (AvgIpc) is 2.73. The first-order valence-corrected chi connectivity index (χ1v) is 11.3. The van der Waals surface area contributed by atoms with Crippen LogP contribution in [0.25, 0.3) is 0 Å². The monoisotopic (exact) mass is 388 g/mol. The predicted octanol–water partition coefficient (Wildman–Crippen LogP) is 2.87. The fraction of sp³-hybridized carbons (Fsp3) is 0.864. The Kier molecular flexibility index (Phi) is 7.34. The van der Waals surface area contributed by atoms with Crippen molar-refractivity contribution in [2.24, 2.45) is 17.6 Å². The molecule has 1 heterocycles. The molecule has 0 spiro atoms. The number of hydrogen-bond donors (Lipinski definition) is 2. The maximum Gasteiger partial charge on any atom is 0.221 e. The van der Waals surface area contributed by atoms with Crippen LogP contribution in [0.15, 0.2) is 0 Å². The molecular formula is C22H36N4O2. The number of nitrogens with two attached hydrogens (primary N) is 1. The van der Waals surface area contributed by atoms with Gasteiger partial charge in [0.25, 0.3) is 0 Å². The molecule has 2 atom stereocenters. The second kappa shape index (κ2) is 9.73. The van der Waals surface area contributed by atoms with Crippen LogP contribution in [-0.4, -0.2) is 41.4 Å². The van der Waals surface area contributed by atoms with Crippen LogP contribution in [0.2, 0.25) is 0 Å². The third-order valence-corrected chi connectivity index (χ3v) is 7.31. The van der Waals surface area contributed by atoms with Crippen molar-refractivity contribution in [3.8, 4) is 6.07 Å². The molecule has 3 rings (SSSR count). The number of piperidine rings is 1. The zero-order valence-electron chi connectivity index (χ0n) is 17.1. The Morgan fingerprint density at radius 1 is 1.07 bits per heavy atom. The van der Waals surface area contributed by atoms with Crippen molar-refractivity contribution in [1.82, 2.24) is 10.2 Å². The van der Waals surface area contributed by atoms with Gasteiger partial charge in [0.1, 0.15) is 5.54 Å². The highest BCUT2D eigenvalue weighted by Gasteiger charge is 2.39. The minimum absolute atomic E-state index is 0.0131. The Morgan fingerprint density at radius 3 is 2.43 bits per heavy atom. The van der Waals surface area contributed by atoms with E-state index >= 15 is 0 Å². The minimum Gasteiger partial charge on any atom is -0.369 e. The Hall–Kier alpha value is -1.61. The Labute approximate surface area is 169 Å². The third-order valence-electron chi connectivity index (χ3n) is 7.31. The van der Waals surface area contributed by atoms with Crippen molar-refractivity contribution >= 4 is 11.8 Å². The van der Waals surface area contributed by atoms with Crippen molar-refractivity contribution in [3.63, 3.8) is 0 Å². The molecule has 0 aromatic carbocycles. The fourth-order valence-corrected chi connectivity index (χ4v) is 5.43. The zero-order chi connectivity index (χ0) is 20.0. The SMILES string of the molecule is N#CC1(NC(=O)CCC2CCCCC2)CCN(C2CCCC(C(N)=O)C2)CC1. The van der Waals surface area contributed by atoms with E-state index < -0.39 is 5.54 Å². The summed E-state index contributed by atoms with van der Waals surface area (Å²) in [4.78, 5) is 26.4. The van der Waals surface area contributed by atoms with Gasteiger partial charge in [-0.2, -0.15) is 5.26 Å². The van der Waals surface area contributed by atoms with Crippen molar-refractivity contribution in [2.45, 2.75) is 95.1 Å². The molecule has 3 N–H and O–H groups in total. The Bertz CT molecular complexity index is 586. The Morgan fingerprint density at radius 2 is 1.79 bits per heavy atom. The number of likely N-dealkylation sites (tertiary alicyclic amines) is 1. The largest absolute Gasteiger partial charge is 0.369 e. The number of nitrogens with one attached hydrogen (secondary N) is 1. The highest BCUT2D eigenvalue weighted by atomic mass is 16.2. The number of rotatable bonds is 6. The van der Waals surface area contributed by atoms with E-state index in [2.05, 4.69) is 16.3 Å². The number of nitrogens with zero attached hydrogens (tertiary/aromatic N) is 2. The van der Waals surface area contributed by atoms with Gasteiger partial charge in [-0.15, -0.1) is 0 Å². The highest BCUT2D eigenvalue weighted by Crippen LogP contribution is 2.32. The second-order valence-corrected chi connectivity index (χ2v) is 9.24. The van der Waals surface area contributed by atoms with Crippen LogP contribution in [0.5, 0.6) is 0 Å². The van der Waals surface area contributed by atoms with Gasteiger partial charge in [-0.1, -0.05) is 38.5 Å². The summed E-state index contributed by atoms with van der Waals surface area (Å²) in [6, 6.07) is 2.78. The molecule has 1 aliphatic heterocycles. The quantitative estimate of drug-likeness (QED) is 0.731. The van der Waals surface area contributed by atoms with Gasteiger partial charge in [-0.25, -0.2) is 0 Å². The number of primary amides is 1. The summed E-state index contributed by atoms with van der Waals surface area (Å²) < 4.78 is 0. The molecule has 3 fully saturated rings. The van der Waals surface area contributed by atoms with Crippen LogP contribution in [0, 0.1) is 23.2 Å². The number of carbonyl (C=O) groups excluding carboxylic acids is 2. The van der Waals surface area contributed by atoms with E-state index in [1.807, 2.05) is 0 Å². The normalized spacial score (nSPS) is 29.0. The molecule has 0 aromatic rings. The van der Waals surface area contributed by atoms with Gasteiger partial charge in [-0.3, -0.25) is 9.59 Å². The summed E-state index contributed by atoms with van der Waals surface area (Å²) >= 11 is 0. The minimum atomic E-state index is -0.724. The Balaban J connectivity index is 1.46. The molecule has 2 amide bonds. The summed E-state index contributed by atoms with van der Waals surface area (Å²) in [6.07, 6.45) is 13.1. The lowest BCUT2D eigenvalue weighted by Gasteiger charge is -2.43. The van der Waals surface area contributed by atoms with Crippen molar-refractivity contribution < 1.29 is 9.59 Å². The summed E-state index contributed by atoms with van der Waals surface area (Å²) in [6.45, 7) is 1.60. The van der Waals surface area contributed by atoms with Crippen LogP contribution in [0.1, 0.15) is 83.5 Å². The fourth-order valence-electron chi connectivity index (χ4n) is 5.43. The van der Waals surface area contributed by atoms with Gasteiger partial charge >= 0.3 is 0 Å². The molecule has 2 saturated carbocycles. The van der Waals surface area contributed by atoms with Crippen LogP contribution >= 0.6 is 0 Å². The smallest absolute Gasteiger partial charge is 0.221 e. The van der Waals surface area contributed by atoms with E-state index in [4.69, 9.17) is 5.73 Å². The first-order valence-electron chi connectivity index (χ1n) is 11.3. The lowest BCUT2D eigenvalue weighted by molar-refractivity contribution is -0.125.